The quantitative estimate of drug-likeness (QED) is 0.703. The van der Waals surface area contributed by atoms with E-state index < -0.39 is 0 Å². The molecule has 1 aliphatic heterocycles. The SMILES string of the molecule is O=C(c1ccc(-n2cccc2)cc1)N1CCOc2ccc(Cl)cc21. The number of carbonyl (C=O) groups is 1. The van der Waals surface area contributed by atoms with E-state index >= 15 is 0 Å². The Morgan fingerprint density at radius 2 is 1.79 bits per heavy atom. The van der Waals surface area contributed by atoms with Gasteiger partial charge < -0.3 is 14.2 Å². The van der Waals surface area contributed by atoms with Crippen LogP contribution in [0.4, 0.5) is 5.69 Å². The maximum Gasteiger partial charge on any atom is 0.258 e. The first kappa shape index (κ1) is 14.8. The van der Waals surface area contributed by atoms with Gasteiger partial charge in [0.05, 0.1) is 12.2 Å². The second-order valence-corrected chi connectivity index (χ2v) is 5.99. The fourth-order valence-corrected chi connectivity index (χ4v) is 3.01. The number of benzene rings is 2. The molecule has 0 atom stereocenters. The van der Waals surface area contributed by atoms with E-state index in [1.807, 2.05) is 53.4 Å². The summed E-state index contributed by atoms with van der Waals surface area (Å²) in [7, 11) is 0. The predicted octanol–water partition coefficient (Wildman–Crippen LogP) is 4.17. The molecule has 0 radical (unpaired) electrons. The van der Waals surface area contributed by atoms with E-state index in [0.29, 0.717) is 35.2 Å². The summed E-state index contributed by atoms with van der Waals surface area (Å²) < 4.78 is 7.61. The minimum Gasteiger partial charge on any atom is -0.490 e. The van der Waals surface area contributed by atoms with Crippen LogP contribution in [0.1, 0.15) is 10.4 Å². The number of amides is 1. The first-order valence-electron chi connectivity index (χ1n) is 7.70. The number of hydrogen-bond donors (Lipinski definition) is 0. The average Bonchev–Trinajstić information content (AvgIpc) is 3.15. The van der Waals surface area contributed by atoms with Gasteiger partial charge in [-0.2, -0.15) is 0 Å². The highest BCUT2D eigenvalue weighted by Crippen LogP contribution is 2.34. The van der Waals surface area contributed by atoms with Crippen LogP contribution >= 0.6 is 11.6 Å². The highest BCUT2D eigenvalue weighted by atomic mass is 35.5. The summed E-state index contributed by atoms with van der Waals surface area (Å²) in [5.41, 5.74) is 2.37. The first-order valence-corrected chi connectivity index (χ1v) is 8.08. The van der Waals surface area contributed by atoms with Gasteiger partial charge in [-0.15, -0.1) is 0 Å². The van der Waals surface area contributed by atoms with Gasteiger partial charge in [0.2, 0.25) is 0 Å². The molecule has 1 aromatic heterocycles. The monoisotopic (exact) mass is 338 g/mol. The molecule has 24 heavy (non-hydrogen) atoms. The summed E-state index contributed by atoms with van der Waals surface area (Å²) in [6.07, 6.45) is 3.94. The largest absolute Gasteiger partial charge is 0.490 e. The fraction of sp³-hybridized carbons (Fsp3) is 0.105. The van der Waals surface area contributed by atoms with E-state index in [2.05, 4.69) is 0 Å². The van der Waals surface area contributed by atoms with E-state index in [4.69, 9.17) is 16.3 Å². The van der Waals surface area contributed by atoms with Crippen molar-refractivity contribution < 1.29 is 9.53 Å². The molecule has 0 spiro atoms. The molecule has 4 nitrogen and oxygen atoms in total. The van der Waals surface area contributed by atoms with Gasteiger partial charge in [0.1, 0.15) is 12.4 Å². The molecule has 1 aliphatic rings. The van der Waals surface area contributed by atoms with Crippen molar-refractivity contribution in [3.63, 3.8) is 0 Å². The van der Waals surface area contributed by atoms with Crippen molar-refractivity contribution in [3.05, 3.63) is 77.6 Å². The van der Waals surface area contributed by atoms with E-state index in [1.54, 1.807) is 23.1 Å². The van der Waals surface area contributed by atoms with E-state index in [0.717, 1.165) is 5.69 Å². The van der Waals surface area contributed by atoms with Gasteiger partial charge in [0.25, 0.3) is 5.91 Å². The van der Waals surface area contributed by atoms with Gasteiger partial charge in [-0.1, -0.05) is 11.6 Å². The molecule has 2 aromatic carbocycles. The summed E-state index contributed by atoms with van der Waals surface area (Å²) in [6, 6.07) is 16.8. The summed E-state index contributed by atoms with van der Waals surface area (Å²) in [5.74, 6) is 0.629. The summed E-state index contributed by atoms with van der Waals surface area (Å²) in [4.78, 5) is 14.6. The number of nitrogens with zero attached hydrogens (tertiary/aromatic N) is 2. The number of fused-ring (bicyclic) bond motifs is 1. The van der Waals surface area contributed by atoms with Crippen LogP contribution in [0.3, 0.4) is 0 Å². The minimum atomic E-state index is -0.0547. The van der Waals surface area contributed by atoms with Gasteiger partial charge in [0.15, 0.2) is 0 Å². The topological polar surface area (TPSA) is 34.5 Å². The molecule has 1 amide bonds. The van der Waals surface area contributed by atoms with Crippen molar-refractivity contribution in [3.8, 4) is 11.4 Å². The third-order valence-electron chi connectivity index (χ3n) is 4.05. The van der Waals surface area contributed by atoms with Gasteiger partial charge >= 0.3 is 0 Å². The molecule has 3 aromatic rings. The average molecular weight is 339 g/mol. The number of ether oxygens (including phenoxy) is 1. The normalized spacial score (nSPS) is 13.3. The van der Waals surface area contributed by atoms with E-state index in [-0.39, 0.29) is 5.91 Å². The minimum absolute atomic E-state index is 0.0547. The van der Waals surface area contributed by atoms with Crippen molar-refractivity contribution in [2.45, 2.75) is 0 Å². The van der Waals surface area contributed by atoms with Crippen LogP contribution in [-0.4, -0.2) is 23.6 Å². The molecule has 0 unspecified atom stereocenters. The van der Waals surface area contributed by atoms with Crippen LogP contribution in [0.5, 0.6) is 5.75 Å². The van der Waals surface area contributed by atoms with Crippen molar-refractivity contribution in [1.29, 1.82) is 0 Å². The highest BCUT2D eigenvalue weighted by Gasteiger charge is 2.25. The molecule has 0 aliphatic carbocycles. The molecule has 120 valence electrons. The Morgan fingerprint density at radius 3 is 2.54 bits per heavy atom. The summed E-state index contributed by atoms with van der Waals surface area (Å²) >= 11 is 6.07. The Balaban J connectivity index is 1.64. The molecule has 5 heteroatoms. The Hall–Kier alpha value is -2.72. The number of anilines is 1. The third kappa shape index (κ3) is 2.65. The van der Waals surface area contributed by atoms with Crippen molar-refractivity contribution in [2.24, 2.45) is 0 Å². The number of aromatic nitrogens is 1. The Bertz CT molecular complexity index is 873. The lowest BCUT2D eigenvalue weighted by molar-refractivity contribution is 0.0976. The maximum absolute atomic E-state index is 12.9. The number of carbonyl (C=O) groups excluding carboxylic acids is 1. The standard InChI is InChI=1S/C19H15ClN2O2/c20-15-5-8-18-17(13-15)22(11-12-24-18)19(23)14-3-6-16(7-4-14)21-9-1-2-10-21/h1-10,13H,11-12H2. The zero-order valence-corrected chi connectivity index (χ0v) is 13.6. The van der Waals surface area contributed by atoms with Gasteiger partial charge in [-0.3, -0.25) is 4.79 Å². The van der Waals surface area contributed by atoms with Gasteiger partial charge in [-0.25, -0.2) is 0 Å². The fourth-order valence-electron chi connectivity index (χ4n) is 2.84. The number of hydrogen-bond acceptors (Lipinski definition) is 2. The van der Waals surface area contributed by atoms with Crippen molar-refractivity contribution in [1.82, 2.24) is 4.57 Å². The molecule has 0 fully saturated rings. The second-order valence-electron chi connectivity index (χ2n) is 5.55. The first-order chi connectivity index (χ1) is 11.7. The van der Waals surface area contributed by atoms with Crippen LogP contribution in [0, 0.1) is 0 Å². The maximum atomic E-state index is 12.9. The van der Waals surface area contributed by atoms with Crippen LogP contribution in [0.2, 0.25) is 5.02 Å². The van der Waals surface area contributed by atoms with E-state index in [1.165, 1.54) is 0 Å². The van der Waals surface area contributed by atoms with Gasteiger partial charge in [-0.05, 0) is 54.6 Å². The van der Waals surface area contributed by atoms with Crippen LogP contribution in [0.15, 0.2) is 67.0 Å². The zero-order chi connectivity index (χ0) is 16.5. The van der Waals surface area contributed by atoms with Crippen LogP contribution < -0.4 is 9.64 Å². The van der Waals surface area contributed by atoms with Crippen molar-refractivity contribution >= 4 is 23.2 Å². The Labute approximate surface area is 144 Å². The number of halogens is 1. The van der Waals surface area contributed by atoms with Crippen LogP contribution in [0.25, 0.3) is 5.69 Å². The second kappa shape index (κ2) is 6.06. The van der Waals surface area contributed by atoms with Gasteiger partial charge in [0, 0.05) is 28.7 Å². The molecule has 4 rings (SSSR count). The number of rotatable bonds is 2. The lowest BCUT2D eigenvalue weighted by Crippen LogP contribution is -2.37. The Kier molecular flexibility index (Phi) is 3.75. The highest BCUT2D eigenvalue weighted by molar-refractivity contribution is 6.31. The van der Waals surface area contributed by atoms with Crippen LogP contribution in [-0.2, 0) is 0 Å². The molecular weight excluding hydrogens is 324 g/mol. The lowest BCUT2D eigenvalue weighted by atomic mass is 10.1. The van der Waals surface area contributed by atoms with Crippen molar-refractivity contribution in [2.75, 3.05) is 18.1 Å². The summed E-state index contributed by atoms with van der Waals surface area (Å²) in [6.45, 7) is 0.980. The molecular formula is C19H15ClN2O2. The molecule has 0 saturated carbocycles. The molecule has 0 bridgehead atoms. The molecule has 2 heterocycles. The lowest BCUT2D eigenvalue weighted by Gasteiger charge is -2.29. The van der Waals surface area contributed by atoms with E-state index in [9.17, 15) is 4.79 Å². The Morgan fingerprint density at radius 1 is 1.04 bits per heavy atom. The molecule has 0 saturated heterocycles. The smallest absolute Gasteiger partial charge is 0.258 e. The molecule has 0 N–H and O–H groups in total. The predicted molar refractivity (Wildman–Crippen MR) is 94.4 cm³/mol. The third-order valence-corrected chi connectivity index (χ3v) is 4.28. The summed E-state index contributed by atoms with van der Waals surface area (Å²) in [5, 5.41) is 0.583. The zero-order valence-electron chi connectivity index (χ0n) is 12.9.